The quantitative estimate of drug-likeness (QED) is 0.596. The number of hydrogen-bond acceptors (Lipinski definition) is 4. The van der Waals surface area contributed by atoms with E-state index in [1.54, 1.807) is 11.8 Å². The molecule has 0 saturated carbocycles. The van der Waals surface area contributed by atoms with Gasteiger partial charge in [-0.05, 0) is 19.1 Å². The number of rotatable bonds is 6. The van der Waals surface area contributed by atoms with E-state index < -0.39 is 0 Å². The minimum absolute atomic E-state index is 0.888. The first-order chi connectivity index (χ1) is 7.30. The zero-order valence-electron chi connectivity index (χ0n) is 9.71. The topological polar surface area (TPSA) is 37.8 Å². The Morgan fingerprint density at radius 3 is 2.67 bits per heavy atom. The van der Waals surface area contributed by atoms with Gasteiger partial charge in [0.2, 0.25) is 0 Å². The molecule has 0 aliphatic heterocycles. The van der Waals surface area contributed by atoms with Crippen molar-refractivity contribution in [2.24, 2.45) is 0 Å². The third-order valence-electron chi connectivity index (χ3n) is 1.88. The van der Waals surface area contributed by atoms with Crippen molar-refractivity contribution in [2.45, 2.75) is 38.6 Å². The van der Waals surface area contributed by atoms with Crippen molar-refractivity contribution in [3.63, 3.8) is 0 Å². The Hall–Kier alpha value is -0.770. The van der Waals surface area contributed by atoms with E-state index in [1.807, 2.05) is 6.07 Å². The lowest BCUT2D eigenvalue weighted by Gasteiger charge is -2.07. The number of nitrogens with one attached hydrogen (secondary N) is 1. The molecular formula is C11H19N3S. The number of nitrogens with zero attached hydrogens (tertiary/aromatic N) is 2. The molecule has 1 aromatic heterocycles. The minimum atomic E-state index is 0.888. The van der Waals surface area contributed by atoms with Gasteiger partial charge in [-0.15, -0.1) is 11.8 Å². The highest BCUT2D eigenvalue weighted by atomic mass is 32.2. The molecule has 0 fully saturated rings. The lowest BCUT2D eigenvalue weighted by atomic mass is 10.4. The Bertz CT molecular complexity index is 302. The van der Waals surface area contributed by atoms with Gasteiger partial charge < -0.3 is 5.32 Å². The molecule has 0 spiro atoms. The van der Waals surface area contributed by atoms with Crippen LogP contribution in [0.4, 0.5) is 5.82 Å². The molecule has 0 aliphatic carbocycles. The Labute approximate surface area is 96.1 Å². The predicted molar refractivity (Wildman–Crippen MR) is 66.6 cm³/mol. The summed E-state index contributed by atoms with van der Waals surface area (Å²) in [5.74, 6) is 2.99. The van der Waals surface area contributed by atoms with Crippen LogP contribution in [0.25, 0.3) is 0 Å². The summed E-state index contributed by atoms with van der Waals surface area (Å²) in [7, 11) is 0. The molecule has 0 aliphatic rings. The molecule has 0 radical (unpaired) electrons. The van der Waals surface area contributed by atoms with E-state index >= 15 is 0 Å². The summed E-state index contributed by atoms with van der Waals surface area (Å²) in [6.45, 7) is 7.24. The van der Waals surface area contributed by atoms with Crippen LogP contribution in [0.15, 0.2) is 11.1 Å². The van der Waals surface area contributed by atoms with Crippen molar-refractivity contribution in [3.05, 3.63) is 11.9 Å². The lowest BCUT2D eigenvalue weighted by Crippen LogP contribution is -2.03. The van der Waals surface area contributed by atoms with E-state index in [1.165, 1.54) is 6.42 Å². The molecule has 1 rings (SSSR count). The van der Waals surface area contributed by atoms with E-state index in [0.29, 0.717) is 0 Å². The zero-order chi connectivity index (χ0) is 11.1. The summed E-state index contributed by atoms with van der Waals surface area (Å²) in [6, 6.07) is 2.03. The maximum atomic E-state index is 4.48. The first kappa shape index (κ1) is 12.3. The fraction of sp³-hybridized carbons (Fsp3) is 0.636. The fourth-order valence-corrected chi connectivity index (χ4v) is 1.96. The van der Waals surface area contributed by atoms with E-state index in [2.05, 4.69) is 36.1 Å². The van der Waals surface area contributed by atoms with Crippen molar-refractivity contribution >= 4 is 17.6 Å². The number of anilines is 1. The second kappa shape index (κ2) is 6.67. The van der Waals surface area contributed by atoms with E-state index in [0.717, 1.165) is 35.4 Å². The molecule has 1 N–H and O–H groups in total. The first-order valence-electron chi connectivity index (χ1n) is 5.54. The highest BCUT2D eigenvalue weighted by Crippen LogP contribution is 2.19. The van der Waals surface area contributed by atoms with Crippen molar-refractivity contribution < 1.29 is 0 Å². The number of aryl methyl sites for hydroxylation is 1. The third-order valence-corrected chi connectivity index (χ3v) is 2.99. The van der Waals surface area contributed by atoms with Crippen LogP contribution in [0.5, 0.6) is 0 Å². The summed E-state index contributed by atoms with van der Waals surface area (Å²) in [4.78, 5) is 8.90. The van der Waals surface area contributed by atoms with Crippen molar-refractivity contribution in [1.29, 1.82) is 0 Å². The van der Waals surface area contributed by atoms with Crippen LogP contribution in [-0.2, 0) is 6.42 Å². The third kappa shape index (κ3) is 4.08. The molecule has 1 heterocycles. The van der Waals surface area contributed by atoms with Gasteiger partial charge in [-0.25, -0.2) is 9.97 Å². The predicted octanol–water partition coefficient (Wildman–Crippen LogP) is 2.97. The lowest BCUT2D eigenvalue weighted by molar-refractivity contribution is 0.886. The van der Waals surface area contributed by atoms with Crippen LogP contribution in [-0.4, -0.2) is 22.3 Å². The molecule has 0 unspecified atom stereocenters. The zero-order valence-corrected chi connectivity index (χ0v) is 10.5. The van der Waals surface area contributed by atoms with Crippen molar-refractivity contribution in [3.8, 4) is 0 Å². The Morgan fingerprint density at radius 2 is 2.07 bits per heavy atom. The average Bonchev–Trinajstić information content (AvgIpc) is 2.26. The molecule has 0 bridgehead atoms. The molecule has 4 heteroatoms. The van der Waals surface area contributed by atoms with Crippen LogP contribution in [0.2, 0.25) is 0 Å². The summed E-state index contributed by atoms with van der Waals surface area (Å²) in [6.07, 6.45) is 2.06. The number of hydrogen-bond donors (Lipinski definition) is 1. The Kier molecular flexibility index (Phi) is 5.47. The van der Waals surface area contributed by atoms with E-state index in [-0.39, 0.29) is 0 Å². The Balaban J connectivity index is 2.79. The standard InChI is InChI=1S/C11H19N3S/c1-4-7-15-11-8-10(12-6-3)13-9(5-2)14-11/h8H,4-7H2,1-3H3,(H,12,13,14). The van der Waals surface area contributed by atoms with E-state index in [4.69, 9.17) is 0 Å². The van der Waals surface area contributed by atoms with Crippen LogP contribution in [0.3, 0.4) is 0 Å². The summed E-state index contributed by atoms with van der Waals surface area (Å²) in [5.41, 5.74) is 0. The average molecular weight is 225 g/mol. The highest BCUT2D eigenvalue weighted by Gasteiger charge is 2.02. The maximum Gasteiger partial charge on any atom is 0.131 e. The van der Waals surface area contributed by atoms with Gasteiger partial charge in [-0.3, -0.25) is 0 Å². The number of aromatic nitrogens is 2. The number of thioether (sulfide) groups is 1. The normalized spacial score (nSPS) is 10.3. The van der Waals surface area contributed by atoms with Crippen molar-refractivity contribution in [1.82, 2.24) is 9.97 Å². The van der Waals surface area contributed by atoms with Gasteiger partial charge in [-0.1, -0.05) is 13.8 Å². The minimum Gasteiger partial charge on any atom is -0.370 e. The van der Waals surface area contributed by atoms with Gasteiger partial charge in [0.1, 0.15) is 16.7 Å². The largest absolute Gasteiger partial charge is 0.370 e. The molecule has 84 valence electrons. The summed E-state index contributed by atoms with van der Waals surface area (Å²) >= 11 is 1.80. The van der Waals surface area contributed by atoms with Crippen LogP contribution < -0.4 is 5.32 Å². The molecule has 3 nitrogen and oxygen atoms in total. The van der Waals surface area contributed by atoms with Gasteiger partial charge in [0.15, 0.2) is 0 Å². The maximum absolute atomic E-state index is 4.48. The molecule has 0 saturated heterocycles. The Morgan fingerprint density at radius 1 is 1.27 bits per heavy atom. The van der Waals surface area contributed by atoms with Crippen LogP contribution in [0.1, 0.15) is 33.0 Å². The monoisotopic (exact) mass is 225 g/mol. The van der Waals surface area contributed by atoms with Gasteiger partial charge >= 0.3 is 0 Å². The van der Waals surface area contributed by atoms with Crippen LogP contribution in [0, 0.1) is 0 Å². The van der Waals surface area contributed by atoms with Gasteiger partial charge in [0.25, 0.3) is 0 Å². The van der Waals surface area contributed by atoms with Gasteiger partial charge in [0.05, 0.1) is 0 Å². The smallest absolute Gasteiger partial charge is 0.131 e. The molecular weight excluding hydrogens is 206 g/mol. The second-order valence-electron chi connectivity index (χ2n) is 3.24. The van der Waals surface area contributed by atoms with Crippen molar-refractivity contribution in [2.75, 3.05) is 17.6 Å². The summed E-state index contributed by atoms with van der Waals surface area (Å²) in [5, 5.41) is 4.32. The van der Waals surface area contributed by atoms with Crippen LogP contribution >= 0.6 is 11.8 Å². The second-order valence-corrected chi connectivity index (χ2v) is 4.36. The van der Waals surface area contributed by atoms with E-state index in [9.17, 15) is 0 Å². The van der Waals surface area contributed by atoms with Gasteiger partial charge in [-0.2, -0.15) is 0 Å². The molecule has 1 aromatic rings. The first-order valence-corrected chi connectivity index (χ1v) is 6.53. The SMILES string of the molecule is CCCSc1cc(NCC)nc(CC)n1. The highest BCUT2D eigenvalue weighted by molar-refractivity contribution is 7.99. The fourth-order valence-electron chi connectivity index (χ4n) is 1.18. The molecule has 0 aromatic carbocycles. The van der Waals surface area contributed by atoms with Gasteiger partial charge in [0, 0.05) is 19.0 Å². The summed E-state index contributed by atoms with van der Waals surface area (Å²) < 4.78 is 0. The molecule has 0 amide bonds. The molecule has 0 atom stereocenters. The molecule has 15 heavy (non-hydrogen) atoms.